The summed E-state index contributed by atoms with van der Waals surface area (Å²) in [7, 11) is 0. The van der Waals surface area contributed by atoms with Crippen LogP contribution in [0, 0.1) is 5.92 Å². The summed E-state index contributed by atoms with van der Waals surface area (Å²) in [6, 6.07) is 0. The Labute approximate surface area is 99.0 Å². The van der Waals surface area contributed by atoms with Gasteiger partial charge in [-0.1, -0.05) is 38.5 Å². The van der Waals surface area contributed by atoms with Crippen LogP contribution in [0.15, 0.2) is 0 Å². The Balaban J connectivity index is 1.79. The van der Waals surface area contributed by atoms with Gasteiger partial charge in [0.2, 0.25) is 0 Å². The molecule has 0 atom stereocenters. The highest BCUT2D eigenvalue weighted by Gasteiger charge is 2.12. The van der Waals surface area contributed by atoms with Gasteiger partial charge in [0.25, 0.3) is 0 Å². The molecule has 0 bridgehead atoms. The molecule has 0 spiro atoms. The third-order valence-electron chi connectivity index (χ3n) is 3.36. The van der Waals surface area contributed by atoms with E-state index < -0.39 is 0 Å². The number of hydrogen-bond acceptors (Lipinski definition) is 2. The van der Waals surface area contributed by atoms with Crippen molar-refractivity contribution < 1.29 is 5.11 Å². The van der Waals surface area contributed by atoms with Crippen LogP contribution in [0.5, 0.6) is 0 Å². The molecule has 1 fully saturated rings. The Bertz CT molecular complexity index is 132. The van der Waals surface area contributed by atoms with Crippen LogP contribution in [0.25, 0.3) is 0 Å². The Morgan fingerprint density at radius 1 is 0.867 bits per heavy atom. The van der Waals surface area contributed by atoms with Gasteiger partial charge in [-0.15, -0.1) is 0 Å². The largest absolute Gasteiger partial charge is 0.396 e. The van der Waals surface area contributed by atoms with Gasteiger partial charge in [0.1, 0.15) is 0 Å². The fraction of sp³-hybridized carbons (Fsp3) is 1.00. The zero-order chi connectivity index (χ0) is 10.8. The molecule has 0 radical (unpaired) electrons. The number of rotatable bonds is 8. The molecule has 0 aliphatic carbocycles. The molecule has 1 aliphatic heterocycles. The second-order valence-electron chi connectivity index (χ2n) is 4.69. The zero-order valence-corrected chi connectivity index (χ0v) is 10.7. The van der Waals surface area contributed by atoms with Gasteiger partial charge in [-0.05, 0) is 36.7 Å². The van der Waals surface area contributed by atoms with Gasteiger partial charge in [-0.3, -0.25) is 0 Å². The minimum atomic E-state index is 0.375. The van der Waals surface area contributed by atoms with Crippen molar-refractivity contribution in [1.82, 2.24) is 0 Å². The lowest BCUT2D eigenvalue weighted by Crippen LogP contribution is -2.09. The van der Waals surface area contributed by atoms with Gasteiger partial charge >= 0.3 is 0 Å². The lowest BCUT2D eigenvalue weighted by molar-refractivity contribution is 0.282. The molecule has 0 aromatic carbocycles. The second kappa shape index (κ2) is 9.53. The first-order valence-corrected chi connectivity index (χ1v) is 7.77. The van der Waals surface area contributed by atoms with E-state index >= 15 is 0 Å². The van der Waals surface area contributed by atoms with Crippen LogP contribution in [0.2, 0.25) is 0 Å². The molecule has 0 unspecified atom stereocenters. The smallest absolute Gasteiger partial charge is 0.0431 e. The molecule has 1 N–H and O–H groups in total. The normalized spacial score (nSPS) is 18.2. The molecule has 1 rings (SSSR count). The van der Waals surface area contributed by atoms with Crippen LogP contribution in [0.3, 0.4) is 0 Å². The van der Waals surface area contributed by atoms with E-state index in [1.165, 1.54) is 62.9 Å². The first kappa shape index (κ1) is 13.4. The standard InChI is InChI=1S/C13H26OS/c14-10-6-4-2-1-3-5-7-13-8-11-15-12-9-13/h13-14H,1-12H2. The Hall–Kier alpha value is 0.310. The lowest BCUT2D eigenvalue weighted by Gasteiger charge is -2.20. The van der Waals surface area contributed by atoms with E-state index in [4.69, 9.17) is 5.11 Å². The molecular weight excluding hydrogens is 204 g/mol. The second-order valence-corrected chi connectivity index (χ2v) is 5.91. The van der Waals surface area contributed by atoms with E-state index in [-0.39, 0.29) is 0 Å². The van der Waals surface area contributed by atoms with Gasteiger partial charge < -0.3 is 5.11 Å². The molecule has 0 saturated carbocycles. The molecular formula is C13H26OS. The monoisotopic (exact) mass is 230 g/mol. The summed E-state index contributed by atoms with van der Waals surface area (Å²) in [5.74, 6) is 3.85. The van der Waals surface area contributed by atoms with Crippen LogP contribution < -0.4 is 0 Å². The van der Waals surface area contributed by atoms with E-state index in [9.17, 15) is 0 Å². The molecule has 15 heavy (non-hydrogen) atoms. The highest BCUT2D eigenvalue weighted by atomic mass is 32.2. The lowest BCUT2D eigenvalue weighted by atomic mass is 9.95. The average Bonchev–Trinajstić information content (AvgIpc) is 2.29. The van der Waals surface area contributed by atoms with Crippen LogP contribution >= 0.6 is 11.8 Å². The first-order chi connectivity index (χ1) is 7.43. The van der Waals surface area contributed by atoms with Gasteiger partial charge in [-0.25, -0.2) is 0 Å². The summed E-state index contributed by atoms with van der Waals surface area (Å²) >= 11 is 2.13. The van der Waals surface area contributed by atoms with Crippen molar-refractivity contribution in [2.75, 3.05) is 18.1 Å². The highest BCUT2D eigenvalue weighted by molar-refractivity contribution is 7.99. The van der Waals surface area contributed by atoms with Crippen molar-refractivity contribution in [2.45, 2.75) is 57.8 Å². The molecule has 90 valence electrons. The number of unbranched alkanes of at least 4 members (excludes halogenated alkanes) is 5. The van der Waals surface area contributed by atoms with Crippen LogP contribution in [0.1, 0.15) is 57.8 Å². The SMILES string of the molecule is OCCCCCCCCC1CCSCC1. The Morgan fingerprint density at radius 2 is 1.47 bits per heavy atom. The summed E-state index contributed by atoms with van der Waals surface area (Å²) in [5.41, 5.74) is 0. The van der Waals surface area contributed by atoms with Gasteiger partial charge in [-0.2, -0.15) is 11.8 Å². The summed E-state index contributed by atoms with van der Waals surface area (Å²) in [5, 5.41) is 8.64. The van der Waals surface area contributed by atoms with Crippen molar-refractivity contribution in [3.8, 4) is 0 Å². The van der Waals surface area contributed by atoms with Crippen LogP contribution in [0.4, 0.5) is 0 Å². The van der Waals surface area contributed by atoms with Gasteiger partial charge in [0, 0.05) is 6.61 Å². The molecule has 2 heteroatoms. The number of thioether (sulfide) groups is 1. The minimum Gasteiger partial charge on any atom is -0.396 e. The van der Waals surface area contributed by atoms with Crippen LogP contribution in [-0.2, 0) is 0 Å². The van der Waals surface area contributed by atoms with Crippen molar-refractivity contribution in [1.29, 1.82) is 0 Å². The van der Waals surface area contributed by atoms with Gasteiger partial charge in [0.15, 0.2) is 0 Å². The van der Waals surface area contributed by atoms with E-state index in [1.54, 1.807) is 0 Å². The Morgan fingerprint density at radius 3 is 2.13 bits per heavy atom. The van der Waals surface area contributed by atoms with Crippen molar-refractivity contribution in [3.63, 3.8) is 0 Å². The van der Waals surface area contributed by atoms with Crippen molar-refractivity contribution >= 4 is 11.8 Å². The highest BCUT2D eigenvalue weighted by Crippen LogP contribution is 2.27. The van der Waals surface area contributed by atoms with Crippen molar-refractivity contribution in [2.24, 2.45) is 5.92 Å². The molecule has 1 saturated heterocycles. The minimum absolute atomic E-state index is 0.375. The fourth-order valence-corrected chi connectivity index (χ4v) is 3.49. The van der Waals surface area contributed by atoms with Gasteiger partial charge in [0.05, 0.1) is 0 Å². The van der Waals surface area contributed by atoms with E-state index in [2.05, 4.69) is 11.8 Å². The number of aliphatic hydroxyl groups excluding tert-OH is 1. The maximum atomic E-state index is 8.64. The zero-order valence-electron chi connectivity index (χ0n) is 9.92. The molecule has 1 heterocycles. The maximum absolute atomic E-state index is 8.64. The molecule has 1 aliphatic rings. The van der Waals surface area contributed by atoms with E-state index in [0.717, 1.165) is 12.3 Å². The average molecular weight is 230 g/mol. The quantitative estimate of drug-likeness (QED) is 0.639. The molecule has 0 aromatic rings. The topological polar surface area (TPSA) is 20.2 Å². The van der Waals surface area contributed by atoms with E-state index in [1.807, 2.05) is 0 Å². The predicted octanol–water partition coefficient (Wildman–Crippen LogP) is 3.85. The number of hydrogen-bond donors (Lipinski definition) is 1. The first-order valence-electron chi connectivity index (χ1n) is 6.62. The molecule has 0 aromatic heterocycles. The van der Waals surface area contributed by atoms with Crippen molar-refractivity contribution in [3.05, 3.63) is 0 Å². The fourth-order valence-electron chi connectivity index (χ4n) is 2.29. The Kier molecular flexibility index (Phi) is 8.50. The molecule has 1 nitrogen and oxygen atoms in total. The summed E-state index contributed by atoms with van der Waals surface area (Å²) in [6.45, 7) is 0.375. The number of aliphatic hydroxyl groups is 1. The van der Waals surface area contributed by atoms with E-state index in [0.29, 0.717) is 6.61 Å². The summed E-state index contributed by atoms with van der Waals surface area (Å²) in [4.78, 5) is 0. The summed E-state index contributed by atoms with van der Waals surface area (Å²) < 4.78 is 0. The predicted molar refractivity (Wildman–Crippen MR) is 69.5 cm³/mol. The maximum Gasteiger partial charge on any atom is 0.0431 e. The third kappa shape index (κ3) is 7.24. The third-order valence-corrected chi connectivity index (χ3v) is 4.41. The summed E-state index contributed by atoms with van der Waals surface area (Å²) in [6.07, 6.45) is 12.2. The molecule has 0 amide bonds. The van der Waals surface area contributed by atoms with Crippen LogP contribution in [-0.4, -0.2) is 23.2 Å².